The zero-order valence-corrected chi connectivity index (χ0v) is 19.6. The molecular weight excluding hydrogens is 462 g/mol. The van der Waals surface area contributed by atoms with Gasteiger partial charge >= 0.3 is 5.91 Å². The fourth-order valence-corrected chi connectivity index (χ4v) is 4.73. The Morgan fingerprint density at radius 2 is 1.83 bits per heavy atom. The number of ether oxygens (including phenoxy) is 1. The van der Waals surface area contributed by atoms with Crippen molar-refractivity contribution in [3.63, 3.8) is 0 Å². The van der Waals surface area contributed by atoms with E-state index in [4.69, 9.17) is 4.74 Å². The first kappa shape index (κ1) is 22.5. The number of amides is 1. The first-order valence-electron chi connectivity index (χ1n) is 10.9. The lowest BCUT2D eigenvalue weighted by Crippen LogP contribution is -2.29. The number of thiazole rings is 1. The summed E-state index contributed by atoms with van der Waals surface area (Å²) in [5.41, 5.74) is 3.27. The van der Waals surface area contributed by atoms with Crippen molar-refractivity contribution in [3.8, 4) is 5.75 Å². The lowest BCUT2D eigenvalue weighted by molar-refractivity contribution is -0.132. The number of hydrogen-bond donors (Lipinski definition) is 1. The van der Waals surface area contributed by atoms with Crippen LogP contribution < -0.4 is 9.64 Å². The van der Waals surface area contributed by atoms with Crippen molar-refractivity contribution < 1.29 is 19.4 Å². The van der Waals surface area contributed by atoms with Gasteiger partial charge in [-0.05, 0) is 54.4 Å². The zero-order chi connectivity index (χ0) is 24.4. The number of aliphatic hydroxyl groups excluding tert-OH is 1. The van der Waals surface area contributed by atoms with Gasteiger partial charge in [0.1, 0.15) is 18.1 Å². The quantitative estimate of drug-likeness (QED) is 0.234. The van der Waals surface area contributed by atoms with Gasteiger partial charge in [-0.15, -0.1) is 11.3 Å². The van der Waals surface area contributed by atoms with Gasteiger partial charge in [-0.2, -0.15) is 0 Å². The number of aromatic nitrogens is 2. The van der Waals surface area contributed by atoms with Crippen LogP contribution in [0.15, 0.2) is 90.2 Å². The van der Waals surface area contributed by atoms with Gasteiger partial charge in [0.25, 0.3) is 5.78 Å². The molecule has 1 aliphatic heterocycles. The van der Waals surface area contributed by atoms with Gasteiger partial charge in [0.15, 0.2) is 5.13 Å². The van der Waals surface area contributed by atoms with E-state index < -0.39 is 17.7 Å². The summed E-state index contributed by atoms with van der Waals surface area (Å²) in [5, 5.41) is 13.3. The Hall–Kier alpha value is -4.30. The van der Waals surface area contributed by atoms with Gasteiger partial charge < -0.3 is 9.84 Å². The zero-order valence-electron chi connectivity index (χ0n) is 18.8. The Balaban J connectivity index is 1.47. The third-order valence-corrected chi connectivity index (χ3v) is 6.48. The molecule has 1 N–H and O–H groups in total. The van der Waals surface area contributed by atoms with Crippen molar-refractivity contribution in [2.75, 3.05) is 4.90 Å². The summed E-state index contributed by atoms with van der Waals surface area (Å²) in [4.78, 5) is 35.7. The number of carbonyl (C=O) groups is 2. The summed E-state index contributed by atoms with van der Waals surface area (Å²) >= 11 is 1.25. The van der Waals surface area contributed by atoms with E-state index in [1.54, 1.807) is 60.4 Å². The van der Waals surface area contributed by atoms with Crippen LogP contribution in [0.3, 0.4) is 0 Å². The van der Waals surface area contributed by atoms with Crippen molar-refractivity contribution in [1.29, 1.82) is 0 Å². The summed E-state index contributed by atoms with van der Waals surface area (Å²) in [7, 11) is 0. The molecule has 1 aliphatic rings. The van der Waals surface area contributed by atoms with E-state index in [1.165, 1.54) is 16.2 Å². The lowest BCUT2D eigenvalue weighted by Gasteiger charge is -2.22. The number of aliphatic hydroxyl groups is 1. The highest BCUT2D eigenvalue weighted by Gasteiger charge is 2.47. The standard InChI is InChI=1S/C27H21N3O4S/c1-17-3-2-4-18(15-17)16-34-21-7-5-20(6-8-21)24(31)22-23(19-9-11-28-12-10-19)30(26(33)25(22)32)27-29-13-14-35-27/h2-15,23,31H,16H2,1H3/b24-22+/t23-/m0/s1. The molecule has 0 spiro atoms. The van der Waals surface area contributed by atoms with E-state index in [0.29, 0.717) is 28.6 Å². The molecule has 7 nitrogen and oxygen atoms in total. The number of Topliss-reactive ketones (excluding diaryl/α,β-unsaturated/α-hetero) is 1. The van der Waals surface area contributed by atoms with E-state index >= 15 is 0 Å². The summed E-state index contributed by atoms with van der Waals surface area (Å²) in [6.07, 6.45) is 4.73. The normalized spacial score (nSPS) is 17.1. The number of rotatable bonds is 6. The number of pyridine rings is 1. The second-order valence-corrected chi connectivity index (χ2v) is 8.94. The van der Waals surface area contributed by atoms with E-state index in [0.717, 1.165) is 11.1 Å². The van der Waals surface area contributed by atoms with Crippen LogP contribution in [0.2, 0.25) is 0 Å². The van der Waals surface area contributed by atoms with E-state index in [-0.39, 0.29) is 11.3 Å². The van der Waals surface area contributed by atoms with Crippen LogP contribution in [0.5, 0.6) is 5.75 Å². The van der Waals surface area contributed by atoms with Gasteiger partial charge in [0.2, 0.25) is 0 Å². The molecule has 0 aliphatic carbocycles. The van der Waals surface area contributed by atoms with Crippen LogP contribution >= 0.6 is 11.3 Å². The predicted molar refractivity (Wildman–Crippen MR) is 133 cm³/mol. The number of anilines is 1. The van der Waals surface area contributed by atoms with Gasteiger partial charge in [0, 0.05) is 29.5 Å². The highest BCUT2D eigenvalue weighted by atomic mass is 32.1. The molecule has 1 saturated heterocycles. The molecule has 35 heavy (non-hydrogen) atoms. The van der Waals surface area contributed by atoms with Gasteiger partial charge in [-0.25, -0.2) is 4.98 Å². The second-order valence-electron chi connectivity index (χ2n) is 8.07. The topological polar surface area (TPSA) is 92.6 Å². The van der Waals surface area contributed by atoms with Crippen molar-refractivity contribution in [1.82, 2.24) is 9.97 Å². The van der Waals surface area contributed by atoms with Crippen LogP contribution in [0.1, 0.15) is 28.3 Å². The maximum atomic E-state index is 13.1. The molecule has 0 saturated carbocycles. The maximum absolute atomic E-state index is 13.1. The monoisotopic (exact) mass is 483 g/mol. The minimum absolute atomic E-state index is 0.00447. The fraction of sp³-hybridized carbons (Fsp3) is 0.111. The molecular formula is C27H21N3O4S. The molecule has 0 unspecified atom stereocenters. The Bertz CT molecular complexity index is 1400. The van der Waals surface area contributed by atoms with Gasteiger partial charge in [-0.1, -0.05) is 29.8 Å². The van der Waals surface area contributed by atoms with Crippen LogP contribution in [0.4, 0.5) is 5.13 Å². The minimum atomic E-state index is -0.818. The van der Waals surface area contributed by atoms with E-state index in [2.05, 4.69) is 16.0 Å². The molecule has 5 rings (SSSR count). The van der Waals surface area contributed by atoms with Crippen LogP contribution in [-0.4, -0.2) is 26.8 Å². The predicted octanol–water partition coefficient (Wildman–Crippen LogP) is 5.05. The Morgan fingerprint density at radius 3 is 2.51 bits per heavy atom. The molecule has 2 aromatic heterocycles. The summed E-state index contributed by atoms with van der Waals surface area (Å²) in [6, 6.07) is 17.5. The van der Waals surface area contributed by atoms with Crippen molar-refractivity contribution in [2.24, 2.45) is 0 Å². The summed E-state index contributed by atoms with van der Waals surface area (Å²) < 4.78 is 5.86. The molecule has 4 aromatic rings. The van der Waals surface area contributed by atoms with Gasteiger partial charge in [-0.3, -0.25) is 19.5 Å². The average molecular weight is 484 g/mol. The highest BCUT2D eigenvalue weighted by Crippen LogP contribution is 2.42. The molecule has 0 bridgehead atoms. The Kier molecular flexibility index (Phi) is 6.12. The number of hydrogen-bond acceptors (Lipinski definition) is 7. The highest BCUT2D eigenvalue weighted by molar-refractivity contribution is 7.14. The molecule has 1 atom stereocenters. The molecule has 2 aromatic carbocycles. The van der Waals surface area contributed by atoms with Crippen molar-refractivity contribution in [3.05, 3.63) is 112 Å². The van der Waals surface area contributed by atoms with Crippen molar-refractivity contribution >= 4 is 33.9 Å². The summed E-state index contributed by atoms with van der Waals surface area (Å²) in [6.45, 7) is 2.44. The largest absolute Gasteiger partial charge is 0.507 e. The van der Waals surface area contributed by atoms with Crippen LogP contribution in [-0.2, 0) is 16.2 Å². The molecule has 8 heteroatoms. The van der Waals surface area contributed by atoms with Crippen molar-refractivity contribution in [2.45, 2.75) is 19.6 Å². The van der Waals surface area contributed by atoms with Crippen LogP contribution in [0, 0.1) is 6.92 Å². The first-order chi connectivity index (χ1) is 17.0. The third-order valence-electron chi connectivity index (χ3n) is 5.71. The molecule has 0 radical (unpaired) electrons. The number of carbonyl (C=O) groups excluding carboxylic acids is 2. The Labute approximate surface area is 206 Å². The SMILES string of the molecule is Cc1cccc(COc2ccc(/C(O)=C3\C(=O)C(=O)N(c4nccs4)[C@H]3c3ccncc3)cc2)c1. The number of benzene rings is 2. The molecule has 1 fully saturated rings. The number of ketones is 1. The van der Waals surface area contributed by atoms with E-state index in [9.17, 15) is 14.7 Å². The average Bonchev–Trinajstić information content (AvgIpc) is 3.50. The minimum Gasteiger partial charge on any atom is -0.507 e. The number of aryl methyl sites for hydroxylation is 1. The lowest BCUT2D eigenvalue weighted by atomic mass is 9.96. The summed E-state index contributed by atoms with van der Waals surface area (Å²) in [5.74, 6) is -1.13. The third kappa shape index (κ3) is 4.43. The maximum Gasteiger partial charge on any atom is 0.301 e. The smallest absolute Gasteiger partial charge is 0.301 e. The first-order valence-corrected chi connectivity index (χ1v) is 11.8. The molecule has 3 heterocycles. The Morgan fingerprint density at radius 1 is 1.06 bits per heavy atom. The van der Waals surface area contributed by atoms with Gasteiger partial charge in [0.05, 0.1) is 11.6 Å². The van der Waals surface area contributed by atoms with E-state index in [1.807, 2.05) is 25.1 Å². The fourth-order valence-electron chi connectivity index (χ4n) is 4.06. The molecule has 174 valence electrons. The second kappa shape index (κ2) is 9.52. The number of nitrogens with zero attached hydrogens (tertiary/aromatic N) is 3. The van der Waals surface area contributed by atoms with Crippen LogP contribution in [0.25, 0.3) is 5.76 Å². The molecule has 1 amide bonds.